The lowest BCUT2D eigenvalue weighted by Crippen LogP contribution is -2.43. The van der Waals surface area contributed by atoms with E-state index >= 15 is 0 Å². The molecule has 1 N–H and O–H groups in total. The molecule has 0 saturated carbocycles. The smallest absolute Gasteiger partial charge is 0.320 e. The van der Waals surface area contributed by atoms with E-state index in [1.165, 1.54) is 0 Å². The summed E-state index contributed by atoms with van der Waals surface area (Å²) in [5.74, 6) is -0.0603. The van der Waals surface area contributed by atoms with Crippen molar-refractivity contribution in [3.63, 3.8) is 0 Å². The zero-order valence-electron chi connectivity index (χ0n) is 13.5. The van der Waals surface area contributed by atoms with Gasteiger partial charge in [0.05, 0.1) is 13.2 Å². The predicted molar refractivity (Wildman–Crippen MR) is 86.4 cm³/mol. The summed E-state index contributed by atoms with van der Waals surface area (Å²) in [5, 5.41) is 9.13. The first-order chi connectivity index (χ1) is 11.1. The van der Waals surface area contributed by atoms with Crippen LogP contribution in [-0.4, -0.2) is 66.1 Å². The number of benzene rings is 1. The first-order valence-electron chi connectivity index (χ1n) is 7.96. The number of rotatable bonds is 8. The minimum Gasteiger partial charge on any atom is -0.494 e. The van der Waals surface area contributed by atoms with Crippen molar-refractivity contribution >= 4 is 11.9 Å². The van der Waals surface area contributed by atoms with Crippen LogP contribution in [0, 0.1) is 0 Å². The summed E-state index contributed by atoms with van der Waals surface area (Å²) < 4.78 is 5.59. The van der Waals surface area contributed by atoms with E-state index in [0.29, 0.717) is 26.1 Å². The van der Waals surface area contributed by atoms with E-state index in [1.807, 2.05) is 30.3 Å². The number of carboxylic acid groups (broad SMARTS) is 1. The Bertz CT molecular complexity index is 521. The molecule has 126 valence electrons. The second-order valence-electron chi connectivity index (χ2n) is 5.80. The van der Waals surface area contributed by atoms with Crippen molar-refractivity contribution in [1.29, 1.82) is 0 Å². The van der Waals surface area contributed by atoms with Gasteiger partial charge in [-0.2, -0.15) is 0 Å². The highest BCUT2D eigenvalue weighted by Crippen LogP contribution is 2.17. The Balaban J connectivity index is 1.67. The minimum atomic E-state index is -0.839. The fourth-order valence-electron chi connectivity index (χ4n) is 2.72. The molecule has 1 saturated heterocycles. The highest BCUT2D eigenvalue weighted by atomic mass is 16.5. The van der Waals surface area contributed by atoms with Gasteiger partial charge in [-0.05, 0) is 37.9 Å². The lowest BCUT2D eigenvalue weighted by molar-refractivity contribution is -0.143. The van der Waals surface area contributed by atoms with Crippen molar-refractivity contribution in [3.8, 4) is 5.75 Å². The fraction of sp³-hybridized carbons (Fsp3) is 0.529. The highest BCUT2D eigenvalue weighted by molar-refractivity contribution is 5.80. The number of hydrogen-bond acceptors (Lipinski definition) is 4. The van der Waals surface area contributed by atoms with Gasteiger partial charge in [-0.25, -0.2) is 0 Å². The molecule has 1 aliphatic rings. The van der Waals surface area contributed by atoms with Crippen LogP contribution in [0.1, 0.15) is 19.3 Å². The average molecular weight is 320 g/mol. The molecule has 6 heteroatoms. The van der Waals surface area contributed by atoms with Crippen LogP contribution in [0.5, 0.6) is 5.75 Å². The standard InChI is InChI=1S/C17H24N2O4/c1-18(10-6-12-23-14-7-3-2-4-8-14)16(20)13-19-11-5-9-15(19)17(21)22/h2-4,7-8,15H,5-6,9-13H2,1H3,(H,21,22)/t15-/m0/s1. The van der Waals surface area contributed by atoms with Gasteiger partial charge < -0.3 is 14.7 Å². The van der Waals surface area contributed by atoms with E-state index in [9.17, 15) is 9.59 Å². The molecular formula is C17H24N2O4. The number of nitrogens with zero attached hydrogens (tertiary/aromatic N) is 2. The lowest BCUT2D eigenvalue weighted by atomic mass is 10.2. The SMILES string of the molecule is CN(CCCOc1ccccc1)C(=O)CN1CCC[C@H]1C(=O)O. The molecule has 0 aliphatic carbocycles. The number of likely N-dealkylation sites (tertiary alicyclic amines) is 1. The number of hydrogen-bond donors (Lipinski definition) is 1. The molecular weight excluding hydrogens is 296 g/mol. The lowest BCUT2D eigenvalue weighted by Gasteiger charge is -2.24. The van der Waals surface area contributed by atoms with E-state index in [1.54, 1.807) is 16.8 Å². The number of carbonyl (C=O) groups is 2. The van der Waals surface area contributed by atoms with Crippen molar-refractivity contribution < 1.29 is 19.4 Å². The molecule has 2 rings (SSSR count). The molecule has 1 heterocycles. The maximum Gasteiger partial charge on any atom is 0.320 e. The molecule has 0 radical (unpaired) electrons. The zero-order valence-corrected chi connectivity index (χ0v) is 13.5. The van der Waals surface area contributed by atoms with Gasteiger partial charge in [0.2, 0.25) is 5.91 Å². The van der Waals surface area contributed by atoms with Crippen molar-refractivity contribution in [1.82, 2.24) is 9.80 Å². The third-order valence-corrected chi connectivity index (χ3v) is 4.06. The summed E-state index contributed by atoms with van der Waals surface area (Å²) in [4.78, 5) is 26.7. The van der Waals surface area contributed by atoms with Gasteiger partial charge in [-0.15, -0.1) is 0 Å². The second-order valence-corrected chi connectivity index (χ2v) is 5.80. The summed E-state index contributed by atoms with van der Waals surface area (Å²) >= 11 is 0. The molecule has 0 spiro atoms. The predicted octanol–water partition coefficient (Wildman–Crippen LogP) is 1.46. The summed E-state index contributed by atoms with van der Waals surface area (Å²) in [6.45, 7) is 1.99. The van der Waals surface area contributed by atoms with Crippen LogP contribution >= 0.6 is 0 Å². The molecule has 1 aromatic rings. The van der Waals surface area contributed by atoms with Crippen LogP contribution in [0.25, 0.3) is 0 Å². The molecule has 1 atom stereocenters. The van der Waals surface area contributed by atoms with Crippen molar-refractivity contribution in [2.45, 2.75) is 25.3 Å². The van der Waals surface area contributed by atoms with Crippen molar-refractivity contribution in [3.05, 3.63) is 30.3 Å². The van der Waals surface area contributed by atoms with Crippen LogP contribution in [0.15, 0.2) is 30.3 Å². The molecule has 1 fully saturated rings. The Labute approximate surface area is 136 Å². The zero-order chi connectivity index (χ0) is 16.7. The summed E-state index contributed by atoms with van der Waals surface area (Å²) in [5.41, 5.74) is 0. The van der Waals surface area contributed by atoms with E-state index in [-0.39, 0.29) is 12.5 Å². The topological polar surface area (TPSA) is 70.1 Å². The Morgan fingerprint density at radius 3 is 2.78 bits per heavy atom. The quantitative estimate of drug-likeness (QED) is 0.735. The van der Waals surface area contributed by atoms with Gasteiger partial charge >= 0.3 is 5.97 Å². The van der Waals surface area contributed by atoms with Crippen LogP contribution in [0.4, 0.5) is 0 Å². The van der Waals surface area contributed by atoms with Crippen LogP contribution in [0.3, 0.4) is 0 Å². The van der Waals surface area contributed by atoms with Gasteiger partial charge in [0.1, 0.15) is 11.8 Å². The Morgan fingerprint density at radius 1 is 1.35 bits per heavy atom. The van der Waals surface area contributed by atoms with Crippen molar-refractivity contribution in [2.24, 2.45) is 0 Å². The molecule has 6 nitrogen and oxygen atoms in total. The third-order valence-electron chi connectivity index (χ3n) is 4.06. The number of para-hydroxylation sites is 1. The molecule has 23 heavy (non-hydrogen) atoms. The first kappa shape index (κ1) is 17.3. The van der Waals surface area contributed by atoms with E-state index in [2.05, 4.69) is 0 Å². The molecule has 1 aliphatic heterocycles. The highest BCUT2D eigenvalue weighted by Gasteiger charge is 2.32. The maximum atomic E-state index is 12.2. The van der Waals surface area contributed by atoms with Gasteiger partial charge in [0, 0.05) is 13.6 Å². The van der Waals surface area contributed by atoms with Crippen LogP contribution < -0.4 is 4.74 Å². The molecule has 0 aromatic heterocycles. The third kappa shape index (κ3) is 5.25. The summed E-state index contributed by atoms with van der Waals surface area (Å²) in [6.07, 6.45) is 2.19. The number of ether oxygens (including phenoxy) is 1. The van der Waals surface area contributed by atoms with Crippen molar-refractivity contribution in [2.75, 3.05) is 33.3 Å². The van der Waals surface area contributed by atoms with Crippen LogP contribution in [-0.2, 0) is 9.59 Å². The first-order valence-corrected chi connectivity index (χ1v) is 7.96. The summed E-state index contributed by atoms with van der Waals surface area (Å²) in [7, 11) is 1.75. The Kier molecular flexibility index (Phi) is 6.40. The maximum absolute atomic E-state index is 12.2. The Hall–Kier alpha value is -2.08. The summed E-state index contributed by atoms with van der Waals surface area (Å²) in [6, 6.07) is 9.04. The minimum absolute atomic E-state index is 0.0436. The molecule has 1 aromatic carbocycles. The fourth-order valence-corrected chi connectivity index (χ4v) is 2.72. The Morgan fingerprint density at radius 2 is 2.09 bits per heavy atom. The largest absolute Gasteiger partial charge is 0.494 e. The number of carbonyl (C=O) groups excluding carboxylic acids is 1. The number of aliphatic carboxylic acids is 1. The van der Waals surface area contributed by atoms with E-state index in [0.717, 1.165) is 18.6 Å². The molecule has 0 bridgehead atoms. The number of carboxylic acids is 1. The van der Waals surface area contributed by atoms with Gasteiger partial charge in [0.25, 0.3) is 0 Å². The van der Waals surface area contributed by atoms with E-state index in [4.69, 9.17) is 9.84 Å². The molecule has 0 unspecified atom stereocenters. The second kappa shape index (κ2) is 8.53. The van der Waals surface area contributed by atoms with Gasteiger partial charge in [0.15, 0.2) is 0 Å². The van der Waals surface area contributed by atoms with Gasteiger partial charge in [-0.1, -0.05) is 18.2 Å². The molecule has 1 amide bonds. The monoisotopic (exact) mass is 320 g/mol. The number of amides is 1. The van der Waals surface area contributed by atoms with E-state index < -0.39 is 12.0 Å². The van der Waals surface area contributed by atoms with Gasteiger partial charge in [-0.3, -0.25) is 14.5 Å². The average Bonchev–Trinajstić information content (AvgIpc) is 3.00. The normalized spacial score (nSPS) is 17.9. The number of likely N-dealkylation sites (N-methyl/N-ethyl adjacent to an activating group) is 1. The van der Waals surface area contributed by atoms with Crippen LogP contribution in [0.2, 0.25) is 0 Å².